The predicted octanol–water partition coefficient (Wildman–Crippen LogP) is 7.13. The predicted molar refractivity (Wildman–Crippen MR) is 175 cm³/mol. The van der Waals surface area contributed by atoms with Gasteiger partial charge in [0.1, 0.15) is 6.10 Å². The molecule has 3 aliphatic carbocycles. The van der Waals surface area contributed by atoms with E-state index in [1.807, 2.05) is 29.3 Å². The Labute approximate surface area is 269 Å². The molecule has 0 bridgehead atoms. The molecule has 3 aliphatic rings. The van der Waals surface area contributed by atoms with Crippen molar-refractivity contribution >= 4 is 28.6 Å². The van der Waals surface area contributed by atoms with E-state index in [0.29, 0.717) is 55.5 Å². The molecule has 1 N–H and O–H groups in total. The topological polar surface area (TPSA) is 94.3 Å². The molecule has 2 heterocycles. The molecule has 2 aromatic carbocycles. The number of ether oxygens (including phenoxy) is 1. The number of aromatic nitrogens is 4. The number of carbonyl (C=O) groups excluding carboxylic acids is 2. The van der Waals surface area contributed by atoms with Crippen molar-refractivity contribution in [2.45, 2.75) is 82.3 Å². The summed E-state index contributed by atoms with van der Waals surface area (Å²) in [5, 5.41) is 11.6. The zero-order valence-corrected chi connectivity index (χ0v) is 26.7. The lowest BCUT2D eigenvalue weighted by molar-refractivity contribution is -0.124. The lowest BCUT2D eigenvalue weighted by Gasteiger charge is -2.36. The van der Waals surface area contributed by atoms with E-state index in [1.165, 1.54) is 18.4 Å². The summed E-state index contributed by atoms with van der Waals surface area (Å²) >= 11 is 0. The normalized spacial score (nSPS) is 23.3. The Morgan fingerprint density at radius 2 is 1.76 bits per heavy atom. The molecule has 0 atom stereocenters. The SMILES string of the molecule is CNC(=O)O[C@H]1CC[C@H](C(=O)N(C[C@H]2CC[C@H](c3ccc4c(c3)c(F)nn4C)CC2)c2cccc(-c3cnn(C4CC4)c3)c2)CC1. The molecule has 9 nitrogen and oxygen atoms in total. The van der Waals surface area contributed by atoms with E-state index >= 15 is 0 Å². The smallest absolute Gasteiger partial charge is 0.407 e. The van der Waals surface area contributed by atoms with Crippen LogP contribution in [0.5, 0.6) is 0 Å². The molecule has 4 aromatic rings. The van der Waals surface area contributed by atoms with Crippen LogP contribution in [0, 0.1) is 17.8 Å². The maximum absolute atomic E-state index is 14.4. The van der Waals surface area contributed by atoms with Crippen molar-refractivity contribution in [3.8, 4) is 11.1 Å². The highest BCUT2D eigenvalue weighted by Gasteiger charge is 2.34. The number of carbonyl (C=O) groups is 2. The van der Waals surface area contributed by atoms with Gasteiger partial charge in [-0.05, 0) is 111 Å². The van der Waals surface area contributed by atoms with Crippen molar-refractivity contribution in [2.24, 2.45) is 18.9 Å². The summed E-state index contributed by atoms with van der Waals surface area (Å²) in [6, 6.07) is 14.9. The summed E-state index contributed by atoms with van der Waals surface area (Å²) < 4.78 is 23.6. The van der Waals surface area contributed by atoms with Gasteiger partial charge in [0.2, 0.25) is 11.9 Å². The summed E-state index contributed by atoms with van der Waals surface area (Å²) in [5.74, 6) is 0.366. The first kappa shape index (κ1) is 30.4. The second-order valence-electron chi connectivity index (χ2n) is 13.5. The number of nitrogens with zero attached hydrogens (tertiary/aromatic N) is 5. The van der Waals surface area contributed by atoms with Crippen LogP contribution in [0.2, 0.25) is 0 Å². The Kier molecular flexibility index (Phi) is 8.53. The van der Waals surface area contributed by atoms with Crippen molar-refractivity contribution in [1.82, 2.24) is 24.9 Å². The summed E-state index contributed by atoms with van der Waals surface area (Å²) in [6.45, 7) is 0.668. The number of benzene rings is 2. The van der Waals surface area contributed by atoms with Crippen molar-refractivity contribution in [2.75, 3.05) is 18.5 Å². The van der Waals surface area contributed by atoms with Gasteiger partial charge in [-0.25, -0.2) is 4.79 Å². The largest absolute Gasteiger partial charge is 0.446 e. The van der Waals surface area contributed by atoms with Crippen molar-refractivity contribution in [1.29, 1.82) is 0 Å². The van der Waals surface area contributed by atoms with E-state index in [1.54, 1.807) is 18.8 Å². The van der Waals surface area contributed by atoms with E-state index in [-0.39, 0.29) is 17.9 Å². The Balaban J connectivity index is 1.07. The zero-order valence-electron chi connectivity index (χ0n) is 26.7. The molecule has 2 aromatic heterocycles. The molecule has 0 saturated heterocycles. The molecule has 3 saturated carbocycles. The summed E-state index contributed by atoms with van der Waals surface area (Å²) in [6.07, 6.45) is 12.6. The van der Waals surface area contributed by atoms with Gasteiger partial charge in [0.25, 0.3) is 0 Å². The van der Waals surface area contributed by atoms with Crippen LogP contribution in [0.3, 0.4) is 0 Å². The van der Waals surface area contributed by atoms with Gasteiger partial charge < -0.3 is 15.0 Å². The average Bonchev–Trinajstić information content (AvgIpc) is 3.75. The maximum atomic E-state index is 14.4. The summed E-state index contributed by atoms with van der Waals surface area (Å²) in [4.78, 5) is 28.1. The minimum Gasteiger partial charge on any atom is -0.446 e. The molecular formula is C36H43FN6O3. The van der Waals surface area contributed by atoms with Gasteiger partial charge in [-0.2, -0.15) is 9.49 Å². The molecule has 0 unspecified atom stereocenters. The lowest BCUT2D eigenvalue weighted by Crippen LogP contribution is -2.42. The molecule has 0 spiro atoms. The van der Waals surface area contributed by atoms with Crippen LogP contribution in [0.15, 0.2) is 54.9 Å². The van der Waals surface area contributed by atoms with E-state index in [9.17, 15) is 14.0 Å². The molecule has 10 heteroatoms. The standard InChI is InChI=1S/C36H43FN6O3/c1-38-36(45)46-31-15-10-25(11-16-31)35(44)42(30-5-3-4-26(18-30)28-20-39-43(22-28)29-13-14-29)21-23-6-8-24(9-7-23)27-12-17-33-32(19-27)34(37)40-41(33)2/h3-5,12,17-20,22-25,29,31H,6-11,13-16,21H2,1-2H3,(H,38,45)/t23-,24-,25-,31-. The Hall–Kier alpha value is -4.21. The number of halogens is 1. The fourth-order valence-corrected chi connectivity index (χ4v) is 7.49. The van der Waals surface area contributed by atoms with Gasteiger partial charge in [-0.15, -0.1) is 5.10 Å². The second kappa shape index (κ2) is 12.9. The molecule has 0 radical (unpaired) electrons. The van der Waals surface area contributed by atoms with Crippen LogP contribution in [0.1, 0.15) is 81.7 Å². The fourth-order valence-electron chi connectivity index (χ4n) is 7.49. The van der Waals surface area contributed by atoms with E-state index in [0.717, 1.165) is 48.0 Å². The van der Waals surface area contributed by atoms with E-state index in [2.05, 4.69) is 50.7 Å². The molecule has 0 aliphatic heterocycles. The average molecular weight is 627 g/mol. The molecule has 46 heavy (non-hydrogen) atoms. The van der Waals surface area contributed by atoms with Gasteiger partial charge in [-0.3, -0.25) is 14.2 Å². The molecule has 3 fully saturated rings. The van der Waals surface area contributed by atoms with Crippen molar-refractivity contribution < 1.29 is 18.7 Å². The van der Waals surface area contributed by atoms with Crippen LogP contribution >= 0.6 is 0 Å². The van der Waals surface area contributed by atoms with Crippen LogP contribution in [-0.4, -0.2) is 51.3 Å². The number of hydrogen-bond acceptors (Lipinski definition) is 5. The zero-order chi connectivity index (χ0) is 31.8. The Morgan fingerprint density at radius 3 is 2.50 bits per heavy atom. The number of aryl methyl sites for hydroxylation is 1. The van der Waals surface area contributed by atoms with Crippen molar-refractivity contribution in [3.05, 3.63) is 66.4 Å². The maximum Gasteiger partial charge on any atom is 0.407 e. The van der Waals surface area contributed by atoms with Crippen molar-refractivity contribution in [3.63, 3.8) is 0 Å². The van der Waals surface area contributed by atoms with Gasteiger partial charge in [0.15, 0.2) is 0 Å². The fraction of sp³-hybridized carbons (Fsp3) is 0.500. The van der Waals surface area contributed by atoms with Crippen LogP contribution in [0.25, 0.3) is 22.0 Å². The molecular weight excluding hydrogens is 583 g/mol. The van der Waals surface area contributed by atoms with Gasteiger partial charge >= 0.3 is 6.09 Å². The number of hydrogen-bond donors (Lipinski definition) is 1. The van der Waals surface area contributed by atoms with Gasteiger partial charge in [0.05, 0.1) is 23.1 Å². The van der Waals surface area contributed by atoms with E-state index < -0.39 is 12.0 Å². The number of alkyl carbamates (subject to hydrolysis) is 1. The minimum atomic E-state index is -0.418. The minimum absolute atomic E-state index is 0.108. The lowest BCUT2D eigenvalue weighted by atomic mass is 9.78. The highest BCUT2D eigenvalue weighted by atomic mass is 19.1. The molecule has 2 amide bonds. The van der Waals surface area contributed by atoms with Crippen LogP contribution in [-0.2, 0) is 16.6 Å². The number of fused-ring (bicyclic) bond motifs is 1. The van der Waals surface area contributed by atoms with Gasteiger partial charge in [-0.1, -0.05) is 18.2 Å². The number of rotatable bonds is 8. The van der Waals surface area contributed by atoms with Gasteiger partial charge in [0, 0.05) is 44.0 Å². The Bertz CT molecular complexity index is 1710. The van der Waals surface area contributed by atoms with E-state index in [4.69, 9.17) is 4.74 Å². The highest BCUT2D eigenvalue weighted by molar-refractivity contribution is 5.95. The third-order valence-electron chi connectivity index (χ3n) is 10.4. The first-order valence-electron chi connectivity index (χ1n) is 16.8. The van der Waals surface area contributed by atoms with Crippen LogP contribution < -0.4 is 10.2 Å². The third-order valence-corrected chi connectivity index (χ3v) is 10.4. The first-order valence-corrected chi connectivity index (χ1v) is 16.8. The molecule has 242 valence electrons. The molecule has 7 rings (SSSR count). The quantitative estimate of drug-likeness (QED) is 0.225. The third kappa shape index (κ3) is 6.39. The monoisotopic (exact) mass is 626 g/mol. The summed E-state index contributed by atoms with van der Waals surface area (Å²) in [5.41, 5.74) is 5.02. The first-order chi connectivity index (χ1) is 22.4. The van der Waals surface area contributed by atoms with Crippen LogP contribution in [0.4, 0.5) is 14.9 Å². The summed E-state index contributed by atoms with van der Waals surface area (Å²) in [7, 11) is 3.33. The second-order valence-corrected chi connectivity index (χ2v) is 13.5. The highest BCUT2D eigenvalue weighted by Crippen LogP contribution is 2.40. The number of nitrogens with one attached hydrogen (secondary N) is 1. The number of anilines is 1. The number of amides is 2. The Morgan fingerprint density at radius 1 is 0.978 bits per heavy atom.